The Hall–Kier alpha value is -2.46. The molecule has 1 aromatic heterocycles. The van der Waals surface area contributed by atoms with Gasteiger partial charge in [0.05, 0.1) is 17.1 Å². The number of benzene rings is 2. The maximum Gasteiger partial charge on any atom is 0.228 e. The van der Waals surface area contributed by atoms with Crippen molar-refractivity contribution in [3.8, 4) is 11.3 Å². The van der Waals surface area contributed by atoms with Crippen LogP contribution in [-0.2, 0) is 11.2 Å². The zero-order valence-corrected chi connectivity index (χ0v) is 15.8. The number of aromatic nitrogens is 1. The first kappa shape index (κ1) is 17.4. The fourth-order valence-electron chi connectivity index (χ4n) is 3.04. The number of hydrogen-bond donors (Lipinski definition) is 1. The number of anilines is 1. The Balaban J connectivity index is 1.69. The third-order valence-corrected chi connectivity index (χ3v) is 4.95. The molecule has 3 nitrogen and oxygen atoms in total. The quantitative estimate of drug-likeness (QED) is 0.700. The Morgan fingerprint density at radius 1 is 1.04 bits per heavy atom. The van der Waals surface area contributed by atoms with Crippen LogP contribution in [0.4, 0.5) is 5.69 Å². The zero-order chi connectivity index (χ0) is 18.0. The van der Waals surface area contributed by atoms with Crippen molar-refractivity contribution in [2.45, 2.75) is 34.1 Å². The van der Waals surface area contributed by atoms with Gasteiger partial charge in [0.2, 0.25) is 5.91 Å². The van der Waals surface area contributed by atoms with E-state index in [0.717, 1.165) is 38.6 Å². The van der Waals surface area contributed by atoms with E-state index >= 15 is 0 Å². The van der Waals surface area contributed by atoms with E-state index in [2.05, 4.69) is 34.7 Å². The number of nitrogens with zero attached hydrogens (tertiary/aromatic N) is 1. The smallest absolute Gasteiger partial charge is 0.228 e. The van der Waals surface area contributed by atoms with Crippen LogP contribution >= 0.6 is 11.3 Å². The molecule has 0 fully saturated rings. The van der Waals surface area contributed by atoms with Gasteiger partial charge in [-0.1, -0.05) is 42.0 Å². The maximum absolute atomic E-state index is 12.4. The standard InChI is InChI=1S/C21H22N2OS/c1-13-9-14(2)21(15(3)10-13)23-20(24)11-17-5-7-18(8-6-17)19-12-25-16(4)22-19/h5-10,12H,11H2,1-4H3,(H,23,24). The molecule has 0 aliphatic rings. The second kappa shape index (κ2) is 7.19. The van der Waals surface area contributed by atoms with Gasteiger partial charge in [-0.15, -0.1) is 11.3 Å². The summed E-state index contributed by atoms with van der Waals surface area (Å²) < 4.78 is 0. The molecule has 1 amide bonds. The topological polar surface area (TPSA) is 42.0 Å². The lowest BCUT2D eigenvalue weighted by molar-refractivity contribution is -0.115. The van der Waals surface area contributed by atoms with Crippen molar-refractivity contribution >= 4 is 22.9 Å². The minimum absolute atomic E-state index is 0.00676. The number of nitrogens with one attached hydrogen (secondary N) is 1. The highest BCUT2D eigenvalue weighted by Crippen LogP contribution is 2.23. The van der Waals surface area contributed by atoms with Crippen molar-refractivity contribution in [2.75, 3.05) is 5.32 Å². The molecule has 25 heavy (non-hydrogen) atoms. The summed E-state index contributed by atoms with van der Waals surface area (Å²) in [7, 11) is 0. The molecule has 3 rings (SSSR count). The largest absolute Gasteiger partial charge is 0.325 e. The van der Waals surface area contributed by atoms with Gasteiger partial charge in [0.1, 0.15) is 0 Å². The van der Waals surface area contributed by atoms with E-state index in [1.54, 1.807) is 11.3 Å². The average molecular weight is 350 g/mol. The third-order valence-electron chi connectivity index (χ3n) is 4.17. The summed E-state index contributed by atoms with van der Waals surface area (Å²) in [5.41, 5.74) is 7.39. The fraction of sp³-hybridized carbons (Fsp3) is 0.238. The molecule has 0 atom stereocenters. The van der Waals surface area contributed by atoms with E-state index in [4.69, 9.17) is 0 Å². The Bertz CT molecular complexity index is 887. The summed E-state index contributed by atoms with van der Waals surface area (Å²) in [6.45, 7) is 8.12. The first-order valence-corrected chi connectivity index (χ1v) is 9.19. The van der Waals surface area contributed by atoms with Crippen molar-refractivity contribution in [1.82, 2.24) is 4.98 Å². The van der Waals surface area contributed by atoms with Gasteiger partial charge in [-0.3, -0.25) is 4.79 Å². The number of hydrogen-bond acceptors (Lipinski definition) is 3. The molecule has 4 heteroatoms. The predicted octanol–water partition coefficient (Wildman–Crippen LogP) is 5.22. The molecule has 0 saturated heterocycles. The van der Waals surface area contributed by atoms with E-state index in [1.807, 2.05) is 45.0 Å². The van der Waals surface area contributed by atoms with Crippen LogP contribution in [0, 0.1) is 27.7 Å². The van der Waals surface area contributed by atoms with Gasteiger partial charge in [-0.2, -0.15) is 0 Å². The lowest BCUT2D eigenvalue weighted by Gasteiger charge is -2.13. The van der Waals surface area contributed by atoms with E-state index in [-0.39, 0.29) is 5.91 Å². The average Bonchev–Trinajstić information content (AvgIpc) is 2.98. The number of rotatable bonds is 4. The van der Waals surface area contributed by atoms with Crippen LogP contribution in [0.3, 0.4) is 0 Å². The monoisotopic (exact) mass is 350 g/mol. The SMILES string of the molecule is Cc1cc(C)c(NC(=O)Cc2ccc(-c3csc(C)n3)cc2)c(C)c1. The van der Waals surface area contributed by atoms with Gasteiger partial charge < -0.3 is 5.32 Å². The Labute approximate surface area is 152 Å². The van der Waals surface area contributed by atoms with Crippen LogP contribution < -0.4 is 5.32 Å². The molecule has 3 aromatic rings. The number of aryl methyl sites for hydroxylation is 4. The third kappa shape index (κ3) is 4.15. The lowest BCUT2D eigenvalue weighted by Crippen LogP contribution is -2.16. The van der Waals surface area contributed by atoms with E-state index in [9.17, 15) is 4.79 Å². The van der Waals surface area contributed by atoms with Gasteiger partial charge >= 0.3 is 0 Å². The molecule has 1 heterocycles. The summed E-state index contributed by atoms with van der Waals surface area (Å²) in [5, 5.41) is 6.17. The normalized spacial score (nSPS) is 10.7. The molecule has 128 valence electrons. The van der Waals surface area contributed by atoms with Crippen molar-refractivity contribution in [1.29, 1.82) is 0 Å². The number of amides is 1. The summed E-state index contributed by atoms with van der Waals surface area (Å²) in [6, 6.07) is 12.2. The molecule has 0 aliphatic heterocycles. The van der Waals surface area contributed by atoms with Crippen LogP contribution in [0.15, 0.2) is 41.8 Å². The van der Waals surface area contributed by atoms with Crippen LogP contribution in [-0.4, -0.2) is 10.9 Å². The van der Waals surface area contributed by atoms with Crippen molar-refractivity contribution in [3.05, 3.63) is 69.0 Å². The summed E-state index contributed by atoms with van der Waals surface area (Å²) in [5.74, 6) is 0.00676. The molecular formula is C21H22N2OS. The number of carbonyl (C=O) groups is 1. The van der Waals surface area contributed by atoms with Crippen LogP contribution in [0.5, 0.6) is 0 Å². The zero-order valence-electron chi connectivity index (χ0n) is 15.0. The van der Waals surface area contributed by atoms with Gasteiger partial charge in [0, 0.05) is 16.6 Å². The fourth-order valence-corrected chi connectivity index (χ4v) is 3.66. The molecule has 0 bridgehead atoms. The second-order valence-electron chi connectivity index (χ2n) is 6.45. The van der Waals surface area contributed by atoms with Gasteiger partial charge in [0.15, 0.2) is 0 Å². The summed E-state index contributed by atoms with van der Waals surface area (Å²) in [6.07, 6.45) is 0.364. The molecule has 0 spiro atoms. The van der Waals surface area contributed by atoms with Gasteiger partial charge in [-0.05, 0) is 44.4 Å². The minimum Gasteiger partial charge on any atom is -0.325 e. The number of thiazole rings is 1. The second-order valence-corrected chi connectivity index (χ2v) is 7.51. The van der Waals surface area contributed by atoms with Gasteiger partial charge in [0.25, 0.3) is 0 Å². The lowest BCUT2D eigenvalue weighted by atomic mass is 10.0. The van der Waals surface area contributed by atoms with Crippen molar-refractivity contribution in [2.24, 2.45) is 0 Å². The highest BCUT2D eigenvalue weighted by molar-refractivity contribution is 7.09. The first-order valence-electron chi connectivity index (χ1n) is 8.31. The summed E-state index contributed by atoms with van der Waals surface area (Å²) in [4.78, 5) is 16.9. The van der Waals surface area contributed by atoms with Gasteiger partial charge in [-0.25, -0.2) is 4.98 Å². The van der Waals surface area contributed by atoms with E-state index < -0.39 is 0 Å². The van der Waals surface area contributed by atoms with Crippen LogP contribution in [0.2, 0.25) is 0 Å². The van der Waals surface area contributed by atoms with Crippen molar-refractivity contribution in [3.63, 3.8) is 0 Å². The molecule has 1 N–H and O–H groups in total. The Morgan fingerprint density at radius 3 is 2.24 bits per heavy atom. The highest BCUT2D eigenvalue weighted by Gasteiger charge is 2.10. The highest BCUT2D eigenvalue weighted by atomic mass is 32.1. The van der Waals surface area contributed by atoms with E-state index in [0.29, 0.717) is 6.42 Å². The predicted molar refractivity (Wildman–Crippen MR) is 105 cm³/mol. The molecule has 0 saturated carbocycles. The molecule has 2 aromatic carbocycles. The van der Waals surface area contributed by atoms with Crippen LogP contribution in [0.1, 0.15) is 27.3 Å². The van der Waals surface area contributed by atoms with Crippen LogP contribution in [0.25, 0.3) is 11.3 Å². The first-order chi connectivity index (χ1) is 11.9. The summed E-state index contributed by atoms with van der Waals surface area (Å²) >= 11 is 1.64. The Morgan fingerprint density at radius 2 is 1.68 bits per heavy atom. The Kier molecular flexibility index (Phi) is 5.00. The molecule has 0 aliphatic carbocycles. The maximum atomic E-state index is 12.4. The minimum atomic E-state index is 0.00676. The molecule has 0 radical (unpaired) electrons. The number of carbonyl (C=O) groups excluding carboxylic acids is 1. The van der Waals surface area contributed by atoms with E-state index in [1.165, 1.54) is 5.56 Å². The molecule has 0 unspecified atom stereocenters. The molecular weight excluding hydrogens is 328 g/mol. The van der Waals surface area contributed by atoms with Crippen molar-refractivity contribution < 1.29 is 4.79 Å².